The number of fused-ring (bicyclic) bond motifs is 3. The third-order valence-corrected chi connectivity index (χ3v) is 6.69. The van der Waals surface area contributed by atoms with E-state index in [2.05, 4.69) is 80.7 Å². The lowest BCUT2D eigenvalue weighted by molar-refractivity contribution is 0.639. The molecule has 3 heterocycles. The van der Waals surface area contributed by atoms with Crippen LogP contribution in [0.2, 0.25) is 0 Å². The van der Waals surface area contributed by atoms with Crippen LogP contribution in [0.1, 0.15) is 10.9 Å². The van der Waals surface area contributed by atoms with Gasteiger partial charge in [-0.25, -0.2) is 4.68 Å². The Bertz CT molecular complexity index is 979. The van der Waals surface area contributed by atoms with Crippen LogP contribution in [-0.4, -0.2) is 29.0 Å². The van der Waals surface area contributed by atoms with E-state index in [-0.39, 0.29) is 5.37 Å². The predicted molar refractivity (Wildman–Crippen MR) is 109 cm³/mol. The zero-order chi connectivity index (χ0) is 17.7. The van der Waals surface area contributed by atoms with Crippen LogP contribution in [0.25, 0.3) is 11.4 Å². The van der Waals surface area contributed by atoms with Crippen molar-refractivity contribution in [3.8, 4) is 11.4 Å². The second-order valence-electron chi connectivity index (χ2n) is 6.36. The van der Waals surface area contributed by atoms with Crippen molar-refractivity contribution < 1.29 is 0 Å². The molecule has 0 radical (unpaired) electrons. The number of anilines is 1. The summed E-state index contributed by atoms with van der Waals surface area (Å²) >= 11 is 3.50. The first-order chi connectivity index (χ1) is 12.7. The molecule has 0 aliphatic carbocycles. The SMILES string of the molecule is CN(C)c1ccc(C2SC=C3Sc4nnc(-c5ccccc5)n4N32)cc1. The summed E-state index contributed by atoms with van der Waals surface area (Å²) in [5.74, 6) is 0.883. The normalized spacial score (nSPS) is 17.8. The fourth-order valence-electron chi connectivity index (χ4n) is 3.17. The van der Waals surface area contributed by atoms with Gasteiger partial charge in [0.1, 0.15) is 10.4 Å². The molecule has 0 bridgehead atoms. The number of aromatic nitrogens is 3. The molecule has 0 saturated carbocycles. The summed E-state index contributed by atoms with van der Waals surface area (Å²) in [6.45, 7) is 0. The average molecular weight is 380 g/mol. The van der Waals surface area contributed by atoms with Gasteiger partial charge in [-0.05, 0) is 29.5 Å². The Morgan fingerprint density at radius 2 is 1.73 bits per heavy atom. The molecule has 5 nitrogen and oxygen atoms in total. The molecule has 1 unspecified atom stereocenters. The first-order valence-corrected chi connectivity index (χ1v) is 10.1. The Kier molecular flexibility index (Phi) is 3.72. The monoisotopic (exact) mass is 379 g/mol. The minimum atomic E-state index is 0.188. The Morgan fingerprint density at radius 1 is 0.962 bits per heavy atom. The van der Waals surface area contributed by atoms with E-state index < -0.39 is 0 Å². The third kappa shape index (κ3) is 2.42. The van der Waals surface area contributed by atoms with E-state index in [9.17, 15) is 0 Å². The van der Waals surface area contributed by atoms with E-state index >= 15 is 0 Å². The lowest BCUT2D eigenvalue weighted by atomic mass is 10.2. The summed E-state index contributed by atoms with van der Waals surface area (Å²) in [6.07, 6.45) is 0. The van der Waals surface area contributed by atoms with Gasteiger partial charge in [0.05, 0.1) is 0 Å². The van der Waals surface area contributed by atoms with Gasteiger partial charge in [-0.1, -0.05) is 54.2 Å². The molecular weight excluding hydrogens is 362 g/mol. The molecule has 0 amide bonds. The van der Waals surface area contributed by atoms with Crippen molar-refractivity contribution in [3.63, 3.8) is 0 Å². The standard InChI is InChI=1S/C19H17N5S2/c1-22(2)15-10-8-14(9-11-15)18-23-16(12-25-18)26-19-21-20-17(24(19)23)13-6-4-3-5-7-13/h3-12,18H,1-2H3. The molecule has 2 aliphatic rings. The summed E-state index contributed by atoms with van der Waals surface area (Å²) in [7, 11) is 4.12. The van der Waals surface area contributed by atoms with Gasteiger partial charge in [-0.2, -0.15) is 0 Å². The predicted octanol–water partition coefficient (Wildman–Crippen LogP) is 4.30. The average Bonchev–Trinajstić information content (AvgIpc) is 3.33. The molecule has 3 aromatic rings. The van der Waals surface area contributed by atoms with Crippen molar-refractivity contribution in [2.24, 2.45) is 0 Å². The number of nitrogens with zero attached hydrogens (tertiary/aromatic N) is 5. The first-order valence-electron chi connectivity index (χ1n) is 8.33. The van der Waals surface area contributed by atoms with E-state index in [1.54, 1.807) is 11.8 Å². The quantitative estimate of drug-likeness (QED) is 0.675. The molecule has 0 N–H and O–H groups in total. The number of hydrogen-bond acceptors (Lipinski definition) is 6. The largest absolute Gasteiger partial charge is 0.378 e. The molecule has 1 atom stereocenters. The minimum Gasteiger partial charge on any atom is -0.378 e. The van der Waals surface area contributed by atoms with Crippen molar-refractivity contribution in [2.45, 2.75) is 10.5 Å². The Balaban J connectivity index is 1.55. The van der Waals surface area contributed by atoms with Gasteiger partial charge in [0.2, 0.25) is 5.16 Å². The van der Waals surface area contributed by atoms with E-state index in [1.165, 1.54) is 16.3 Å². The van der Waals surface area contributed by atoms with Crippen molar-refractivity contribution in [1.29, 1.82) is 0 Å². The Hall–Kier alpha value is -2.38. The van der Waals surface area contributed by atoms with Gasteiger partial charge >= 0.3 is 0 Å². The maximum absolute atomic E-state index is 4.44. The topological polar surface area (TPSA) is 37.2 Å². The van der Waals surface area contributed by atoms with E-state index in [1.807, 2.05) is 30.0 Å². The van der Waals surface area contributed by atoms with Crippen molar-refractivity contribution in [1.82, 2.24) is 14.9 Å². The number of thioether (sulfide) groups is 2. The Morgan fingerprint density at radius 3 is 2.46 bits per heavy atom. The number of benzene rings is 2. The van der Waals surface area contributed by atoms with Gasteiger partial charge < -0.3 is 4.90 Å². The highest BCUT2D eigenvalue weighted by Gasteiger charge is 2.39. The molecule has 26 heavy (non-hydrogen) atoms. The van der Waals surface area contributed by atoms with Crippen LogP contribution in [0, 0.1) is 0 Å². The summed E-state index contributed by atoms with van der Waals surface area (Å²) < 4.78 is 2.15. The smallest absolute Gasteiger partial charge is 0.217 e. The number of hydrogen-bond donors (Lipinski definition) is 0. The fourth-order valence-corrected chi connectivity index (χ4v) is 5.39. The van der Waals surface area contributed by atoms with Gasteiger partial charge in [0.25, 0.3) is 0 Å². The molecule has 7 heteroatoms. The zero-order valence-corrected chi connectivity index (χ0v) is 16.0. The van der Waals surface area contributed by atoms with Gasteiger partial charge in [0, 0.05) is 30.8 Å². The van der Waals surface area contributed by atoms with Crippen LogP contribution in [0.4, 0.5) is 5.69 Å². The summed E-state index contributed by atoms with van der Waals surface area (Å²) in [4.78, 5) is 2.12. The molecule has 5 rings (SSSR count). The molecule has 130 valence electrons. The maximum Gasteiger partial charge on any atom is 0.217 e. The fraction of sp³-hybridized carbons (Fsp3) is 0.158. The molecule has 2 aromatic carbocycles. The highest BCUT2D eigenvalue weighted by Crippen LogP contribution is 2.52. The van der Waals surface area contributed by atoms with E-state index in [4.69, 9.17) is 0 Å². The van der Waals surface area contributed by atoms with E-state index in [0.29, 0.717) is 0 Å². The highest BCUT2D eigenvalue weighted by molar-refractivity contribution is 8.07. The van der Waals surface area contributed by atoms with Crippen LogP contribution >= 0.6 is 23.5 Å². The maximum atomic E-state index is 4.44. The molecule has 0 fully saturated rings. The molecular formula is C19H17N5S2. The van der Waals surface area contributed by atoms with Gasteiger partial charge in [-0.15, -0.1) is 10.2 Å². The van der Waals surface area contributed by atoms with Crippen molar-refractivity contribution >= 4 is 29.2 Å². The highest BCUT2D eigenvalue weighted by atomic mass is 32.2. The van der Waals surface area contributed by atoms with Gasteiger partial charge in [-0.3, -0.25) is 5.01 Å². The third-order valence-electron chi connectivity index (χ3n) is 4.50. The molecule has 1 aromatic heterocycles. The van der Waals surface area contributed by atoms with Crippen LogP contribution < -0.4 is 9.91 Å². The summed E-state index contributed by atoms with van der Waals surface area (Å²) in [5.41, 5.74) is 3.55. The van der Waals surface area contributed by atoms with Crippen LogP contribution in [0.3, 0.4) is 0 Å². The van der Waals surface area contributed by atoms with Crippen LogP contribution in [0.15, 0.2) is 70.2 Å². The minimum absolute atomic E-state index is 0.188. The second kappa shape index (κ2) is 6.10. The summed E-state index contributed by atoms with van der Waals surface area (Å²) in [6, 6.07) is 19.0. The zero-order valence-electron chi connectivity index (χ0n) is 14.4. The molecule has 0 spiro atoms. The van der Waals surface area contributed by atoms with E-state index in [0.717, 1.165) is 16.5 Å². The lowest BCUT2D eigenvalue weighted by Gasteiger charge is -2.26. The second-order valence-corrected chi connectivity index (χ2v) is 8.30. The van der Waals surface area contributed by atoms with Gasteiger partial charge in [0.15, 0.2) is 5.82 Å². The number of rotatable bonds is 3. The van der Waals surface area contributed by atoms with Crippen molar-refractivity contribution in [2.75, 3.05) is 24.0 Å². The molecule has 2 aliphatic heterocycles. The lowest BCUT2D eigenvalue weighted by Crippen LogP contribution is -2.29. The first kappa shape index (κ1) is 15.8. The van der Waals surface area contributed by atoms with Crippen molar-refractivity contribution in [3.05, 3.63) is 70.6 Å². The van der Waals surface area contributed by atoms with Crippen LogP contribution in [0.5, 0.6) is 0 Å². The molecule has 0 saturated heterocycles. The summed E-state index contributed by atoms with van der Waals surface area (Å²) in [5, 5.41) is 15.7. The van der Waals surface area contributed by atoms with Crippen LogP contribution in [-0.2, 0) is 0 Å². The Labute approximate surface area is 160 Å².